The number of nitrogens with one attached hydrogen (secondary N) is 1. The van der Waals surface area contributed by atoms with Gasteiger partial charge in [0.05, 0.1) is 13.7 Å². The Labute approximate surface area is 161 Å². The second-order valence-electron chi connectivity index (χ2n) is 6.22. The van der Waals surface area contributed by atoms with Crippen LogP contribution in [0.2, 0.25) is 0 Å². The number of carbonyl (C=O) groups is 1. The van der Waals surface area contributed by atoms with Gasteiger partial charge in [-0.1, -0.05) is 32.4 Å². The SMILES string of the molecule is CCCc1ccc(OCCNC(=O)[C@H](CC)Oc2ccc(OC)cc2)cc1. The predicted molar refractivity (Wildman–Crippen MR) is 107 cm³/mol. The lowest BCUT2D eigenvalue weighted by Crippen LogP contribution is -2.39. The molecular weight excluding hydrogens is 342 g/mol. The van der Waals surface area contributed by atoms with E-state index in [4.69, 9.17) is 14.2 Å². The highest BCUT2D eigenvalue weighted by Crippen LogP contribution is 2.19. The Morgan fingerprint density at radius 3 is 2.19 bits per heavy atom. The van der Waals surface area contributed by atoms with E-state index in [0.29, 0.717) is 25.3 Å². The maximum Gasteiger partial charge on any atom is 0.261 e. The summed E-state index contributed by atoms with van der Waals surface area (Å²) in [6.07, 6.45) is 2.25. The number of carbonyl (C=O) groups excluding carboxylic acids is 1. The molecule has 0 spiro atoms. The van der Waals surface area contributed by atoms with E-state index in [1.807, 2.05) is 19.1 Å². The molecule has 2 aromatic rings. The minimum Gasteiger partial charge on any atom is -0.497 e. The molecule has 0 saturated heterocycles. The van der Waals surface area contributed by atoms with Gasteiger partial charge in [-0.25, -0.2) is 0 Å². The van der Waals surface area contributed by atoms with Crippen LogP contribution in [0.1, 0.15) is 32.3 Å². The van der Waals surface area contributed by atoms with Crippen LogP contribution in [0.4, 0.5) is 0 Å². The fourth-order valence-corrected chi connectivity index (χ4v) is 2.64. The normalized spacial score (nSPS) is 11.5. The Morgan fingerprint density at radius 1 is 0.963 bits per heavy atom. The molecule has 0 heterocycles. The van der Waals surface area contributed by atoms with Crippen LogP contribution < -0.4 is 19.5 Å². The van der Waals surface area contributed by atoms with E-state index in [9.17, 15) is 4.79 Å². The van der Waals surface area contributed by atoms with Crippen LogP contribution in [0.3, 0.4) is 0 Å². The minimum atomic E-state index is -0.535. The van der Waals surface area contributed by atoms with Crippen molar-refractivity contribution >= 4 is 5.91 Å². The number of benzene rings is 2. The summed E-state index contributed by atoms with van der Waals surface area (Å²) < 4.78 is 16.6. The van der Waals surface area contributed by atoms with Crippen molar-refractivity contribution in [2.45, 2.75) is 39.2 Å². The van der Waals surface area contributed by atoms with E-state index in [-0.39, 0.29) is 5.91 Å². The molecule has 5 heteroatoms. The summed E-state index contributed by atoms with van der Waals surface area (Å²) in [6, 6.07) is 15.3. The molecule has 0 radical (unpaired) electrons. The van der Waals surface area contributed by atoms with Crippen molar-refractivity contribution in [3.63, 3.8) is 0 Å². The van der Waals surface area contributed by atoms with E-state index >= 15 is 0 Å². The molecule has 0 aliphatic carbocycles. The van der Waals surface area contributed by atoms with E-state index in [2.05, 4.69) is 24.4 Å². The second kappa shape index (κ2) is 11.1. The maximum absolute atomic E-state index is 12.3. The molecule has 1 N–H and O–H groups in total. The first kappa shape index (κ1) is 20.6. The van der Waals surface area contributed by atoms with Gasteiger partial charge in [-0.2, -0.15) is 0 Å². The molecule has 0 aliphatic heterocycles. The topological polar surface area (TPSA) is 56.8 Å². The van der Waals surface area contributed by atoms with Gasteiger partial charge >= 0.3 is 0 Å². The molecule has 27 heavy (non-hydrogen) atoms. The van der Waals surface area contributed by atoms with Gasteiger partial charge in [0.15, 0.2) is 6.10 Å². The van der Waals surface area contributed by atoms with E-state index < -0.39 is 6.10 Å². The van der Waals surface area contributed by atoms with Crippen molar-refractivity contribution in [3.8, 4) is 17.2 Å². The molecule has 146 valence electrons. The van der Waals surface area contributed by atoms with Crippen LogP contribution >= 0.6 is 0 Å². The van der Waals surface area contributed by atoms with Gasteiger partial charge in [-0.15, -0.1) is 0 Å². The first-order valence-corrected chi connectivity index (χ1v) is 9.46. The number of ether oxygens (including phenoxy) is 3. The number of hydrogen-bond acceptors (Lipinski definition) is 4. The van der Waals surface area contributed by atoms with Gasteiger partial charge in [0.2, 0.25) is 0 Å². The van der Waals surface area contributed by atoms with Crippen molar-refractivity contribution < 1.29 is 19.0 Å². The van der Waals surface area contributed by atoms with Crippen molar-refractivity contribution in [3.05, 3.63) is 54.1 Å². The third-order valence-corrected chi connectivity index (χ3v) is 4.13. The van der Waals surface area contributed by atoms with E-state index in [1.54, 1.807) is 31.4 Å². The zero-order valence-corrected chi connectivity index (χ0v) is 16.4. The van der Waals surface area contributed by atoms with Gasteiger partial charge in [0.25, 0.3) is 5.91 Å². The summed E-state index contributed by atoms with van der Waals surface area (Å²) in [6.45, 7) is 4.92. The number of amides is 1. The summed E-state index contributed by atoms with van der Waals surface area (Å²) in [7, 11) is 1.61. The number of rotatable bonds is 11. The zero-order chi connectivity index (χ0) is 19.5. The van der Waals surface area contributed by atoms with Crippen LogP contribution in [0.5, 0.6) is 17.2 Å². The molecule has 0 saturated carbocycles. The van der Waals surface area contributed by atoms with Crippen molar-refractivity contribution in [1.82, 2.24) is 5.32 Å². The summed E-state index contributed by atoms with van der Waals surface area (Å²) in [5.74, 6) is 2.06. The average molecular weight is 371 g/mol. The third-order valence-electron chi connectivity index (χ3n) is 4.13. The Kier molecular flexibility index (Phi) is 8.49. The smallest absolute Gasteiger partial charge is 0.261 e. The Balaban J connectivity index is 1.73. The molecule has 5 nitrogen and oxygen atoms in total. The Morgan fingerprint density at radius 2 is 1.59 bits per heavy atom. The van der Waals surface area contributed by atoms with Crippen LogP contribution in [-0.4, -0.2) is 32.3 Å². The minimum absolute atomic E-state index is 0.143. The fraction of sp³-hybridized carbons (Fsp3) is 0.409. The molecule has 0 aromatic heterocycles. The number of aryl methyl sites for hydroxylation is 1. The largest absolute Gasteiger partial charge is 0.497 e. The van der Waals surface area contributed by atoms with Crippen molar-refractivity contribution in [2.24, 2.45) is 0 Å². The van der Waals surface area contributed by atoms with Gasteiger partial charge in [0, 0.05) is 0 Å². The lowest BCUT2D eigenvalue weighted by atomic mass is 10.1. The molecular formula is C22H29NO4. The fourth-order valence-electron chi connectivity index (χ4n) is 2.64. The molecule has 0 bridgehead atoms. The second-order valence-corrected chi connectivity index (χ2v) is 6.22. The number of methoxy groups -OCH3 is 1. The summed E-state index contributed by atoms with van der Waals surface area (Å²) in [5, 5.41) is 2.86. The quantitative estimate of drug-likeness (QED) is 0.607. The van der Waals surface area contributed by atoms with Gasteiger partial charge in [-0.05, 0) is 54.8 Å². The van der Waals surface area contributed by atoms with Crippen molar-refractivity contribution in [1.29, 1.82) is 0 Å². The van der Waals surface area contributed by atoms with Crippen LogP contribution in [-0.2, 0) is 11.2 Å². The summed E-state index contributed by atoms with van der Waals surface area (Å²) in [5.41, 5.74) is 1.31. The zero-order valence-electron chi connectivity index (χ0n) is 16.4. The Hall–Kier alpha value is -2.69. The van der Waals surface area contributed by atoms with Crippen molar-refractivity contribution in [2.75, 3.05) is 20.3 Å². The monoisotopic (exact) mass is 371 g/mol. The standard InChI is InChI=1S/C22H29NO4/c1-4-6-17-7-9-19(10-8-17)26-16-15-23-22(24)21(5-2)27-20-13-11-18(25-3)12-14-20/h7-14,21H,4-6,15-16H2,1-3H3,(H,23,24)/t21-/m0/s1. The van der Waals surface area contributed by atoms with E-state index in [1.165, 1.54) is 5.56 Å². The third kappa shape index (κ3) is 6.85. The molecule has 0 aliphatic rings. The highest BCUT2D eigenvalue weighted by molar-refractivity contribution is 5.81. The summed E-state index contributed by atoms with van der Waals surface area (Å²) >= 11 is 0. The molecule has 0 unspecified atom stereocenters. The first-order chi connectivity index (χ1) is 13.2. The molecule has 0 fully saturated rings. The predicted octanol–water partition coefficient (Wildman–Crippen LogP) is 4.00. The molecule has 2 rings (SSSR count). The van der Waals surface area contributed by atoms with Gasteiger partial charge in [-0.3, -0.25) is 4.79 Å². The molecule has 1 amide bonds. The summed E-state index contributed by atoms with van der Waals surface area (Å²) in [4.78, 5) is 12.3. The molecule has 1 atom stereocenters. The highest BCUT2D eigenvalue weighted by atomic mass is 16.5. The lowest BCUT2D eigenvalue weighted by molar-refractivity contribution is -0.128. The lowest BCUT2D eigenvalue weighted by Gasteiger charge is -2.17. The number of hydrogen-bond donors (Lipinski definition) is 1. The maximum atomic E-state index is 12.3. The van der Waals surface area contributed by atoms with Gasteiger partial charge in [0.1, 0.15) is 23.9 Å². The van der Waals surface area contributed by atoms with Crippen LogP contribution in [0, 0.1) is 0 Å². The Bertz CT molecular complexity index is 682. The molecule has 2 aromatic carbocycles. The first-order valence-electron chi connectivity index (χ1n) is 9.46. The van der Waals surface area contributed by atoms with Gasteiger partial charge < -0.3 is 19.5 Å². The average Bonchev–Trinajstić information content (AvgIpc) is 2.71. The van der Waals surface area contributed by atoms with Crippen LogP contribution in [0.15, 0.2) is 48.5 Å². The highest BCUT2D eigenvalue weighted by Gasteiger charge is 2.17. The van der Waals surface area contributed by atoms with E-state index in [0.717, 1.165) is 24.3 Å². The van der Waals surface area contributed by atoms with Crippen LogP contribution in [0.25, 0.3) is 0 Å².